The Morgan fingerprint density at radius 2 is 2.40 bits per heavy atom. The zero-order valence-electron chi connectivity index (χ0n) is 7.62. The summed E-state index contributed by atoms with van der Waals surface area (Å²) < 4.78 is 6.84. The van der Waals surface area contributed by atoms with Gasteiger partial charge < -0.3 is 10.2 Å². The number of aromatic nitrogens is 3. The van der Waals surface area contributed by atoms with Crippen molar-refractivity contribution in [2.45, 2.75) is 5.16 Å². The van der Waals surface area contributed by atoms with Gasteiger partial charge in [0, 0.05) is 0 Å². The van der Waals surface area contributed by atoms with Gasteiger partial charge in [-0.1, -0.05) is 11.8 Å². The number of amidine groups is 1. The van der Waals surface area contributed by atoms with Gasteiger partial charge in [-0.3, -0.25) is 0 Å². The lowest BCUT2D eigenvalue weighted by atomic mass is 10.4. The molecular formula is C8H7N5OS. The molecular weight excluding hydrogens is 214 g/mol. The van der Waals surface area contributed by atoms with Crippen molar-refractivity contribution < 1.29 is 4.42 Å². The minimum absolute atomic E-state index is 0.556. The number of rotatable bonds is 1. The van der Waals surface area contributed by atoms with Crippen LogP contribution in [-0.4, -0.2) is 26.5 Å². The first-order chi connectivity index (χ1) is 7.34. The molecule has 76 valence electrons. The van der Waals surface area contributed by atoms with E-state index in [-0.39, 0.29) is 0 Å². The average Bonchev–Trinajstić information content (AvgIpc) is 2.83. The van der Waals surface area contributed by atoms with Crippen molar-refractivity contribution in [3.63, 3.8) is 0 Å². The molecule has 2 aromatic rings. The topological polar surface area (TPSA) is 82.2 Å². The molecule has 1 aliphatic heterocycles. The predicted octanol–water partition coefficient (Wildman–Crippen LogP) is 0.764. The Hall–Kier alpha value is -1.76. The Bertz CT molecular complexity index is 515. The molecule has 1 aliphatic rings. The van der Waals surface area contributed by atoms with E-state index in [1.807, 2.05) is 6.07 Å². The number of hydrogen-bond acceptors (Lipinski definition) is 6. The molecule has 2 aromatic heterocycles. The second-order valence-corrected chi connectivity index (χ2v) is 3.92. The van der Waals surface area contributed by atoms with Gasteiger partial charge in [-0.05, 0) is 12.1 Å². The fourth-order valence-corrected chi connectivity index (χ4v) is 1.98. The van der Waals surface area contributed by atoms with Gasteiger partial charge >= 0.3 is 0 Å². The molecule has 3 rings (SSSR count). The summed E-state index contributed by atoms with van der Waals surface area (Å²) in [5, 5.41) is 12.9. The smallest absolute Gasteiger partial charge is 0.221 e. The maximum Gasteiger partial charge on any atom is 0.221 e. The van der Waals surface area contributed by atoms with Crippen LogP contribution in [-0.2, 0) is 0 Å². The van der Waals surface area contributed by atoms with Crippen LogP contribution in [0.15, 0.2) is 33.1 Å². The monoisotopic (exact) mass is 221 g/mol. The fourth-order valence-electron chi connectivity index (χ4n) is 1.30. The molecule has 0 bridgehead atoms. The highest BCUT2D eigenvalue weighted by Crippen LogP contribution is 2.26. The second-order valence-electron chi connectivity index (χ2n) is 2.98. The Kier molecular flexibility index (Phi) is 1.78. The Labute approximate surface area is 89.2 Å². The third kappa shape index (κ3) is 1.32. The van der Waals surface area contributed by atoms with E-state index >= 15 is 0 Å². The van der Waals surface area contributed by atoms with E-state index in [4.69, 9.17) is 10.2 Å². The van der Waals surface area contributed by atoms with Gasteiger partial charge in [-0.2, -0.15) is 9.78 Å². The summed E-state index contributed by atoms with van der Waals surface area (Å²) in [6.45, 7) is 0. The standard InChI is InChI=1S/C8H7N5OS/c9-6-4-15-8-11-10-7(13(8)12-6)5-2-1-3-14-5/h1-3H,4H2,(H2,9,12). The lowest BCUT2D eigenvalue weighted by Crippen LogP contribution is -2.20. The quantitative estimate of drug-likeness (QED) is 0.768. The van der Waals surface area contributed by atoms with Crippen LogP contribution in [0.1, 0.15) is 0 Å². The first-order valence-electron chi connectivity index (χ1n) is 4.30. The van der Waals surface area contributed by atoms with Crippen molar-refractivity contribution in [1.29, 1.82) is 0 Å². The summed E-state index contributed by atoms with van der Waals surface area (Å²) in [6, 6.07) is 3.60. The van der Waals surface area contributed by atoms with E-state index in [1.54, 1.807) is 17.0 Å². The molecule has 0 fully saturated rings. The molecule has 0 atom stereocenters. The average molecular weight is 221 g/mol. The van der Waals surface area contributed by atoms with Crippen LogP contribution < -0.4 is 5.73 Å². The van der Waals surface area contributed by atoms with Crippen LogP contribution >= 0.6 is 11.8 Å². The van der Waals surface area contributed by atoms with Crippen molar-refractivity contribution in [2.75, 3.05) is 5.75 Å². The van der Waals surface area contributed by atoms with Gasteiger partial charge in [-0.25, -0.2) is 0 Å². The summed E-state index contributed by atoms with van der Waals surface area (Å²) in [4.78, 5) is 0. The molecule has 7 heteroatoms. The summed E-state index contributed by atoms with van der Waals surface area (Å²) in [5.74, 6) is 2.41. The number of furan rings is 1. The Morgan fingerprint density at radius 3 is 3.20 bits per heavy atom. The van der Waals surface area contributed by atoms with Crippen LogP contribution in [0.25, 0.3) is 11.6 Å². The van der Waals surface area contributed by atoms with Crippen molar-refractivity contribution in [1.82, 2.24) is 14.9 Å². The zero-order valence-corrected chi connectivity index (χ0v) is 8.44. The van der Waals surface area contributed by atoms with Crippen molar-refractivity contribution in [3.05, 3.63) is 18.4 Å². The normalized spacial score (nSPS) is 14.8. The van der Waals surface area contributed by atoms with Gasteiger partial charge in [0.2, 0.25) is 11.0 Å². The lowest BCUT2D eigenvalue weighted by Gasteiger charge is -2.08. The van der Waals surface area contributed by atoms with E-state index in [2.05, 4.69) is 15.3 Å². The molecule has 0 aromatic carbocycles. The highest BCUT2D eigenvalue weighted by Gasteiger charge is 2.19. The van der Waals surface area contributed by atoms with E-state index < -0.39 is 0 Å². The third-order valence-electron chi connectivity index (χ3n) is 1.93. The summed E-state index contributed by atoms with van der Waals surface area (Å²) in [7, 11) is 0. The molecule has 0 radical (unpaired) electrons. The molecule has 0 amide bonds. The largest absolute Gasteiger partial charge is 0.461 e. The van der Waals surface area contributed by atoms with Crippen LogP contribution in [0.2, 0.25) is 0 Å². The zero-order chi connectivity index (χ0) is 10.3. The number of thioether (sulfide) groups is 1. The maximum absolute atomic E-state index is 5.65. The van der Waals surface area contributed by atoms with Gasteiger partial charge in [0.1, 0.15) is 5.84 Å². The molecule has 15 heavy (non-hydrogen) atoms. The molecule has 3 heterocycles. The number of nitrogens with zero attached hydrogens (tertiary/aromatic N) is 4. The van der Waals surface area contributed by atoms with Crippen molar-refractivity contribution in [3.8, 4) is 11.6 Å². The Balaban J connectivity index is 2.16. The maximum atomic E-state index is 5.65. The first kappa shape index (κ1) is 8.54. The summed E-state index contributed by atoms with van der Waals surface area (Å²) in [5.41, 5.74) is 5.65. The molecule has 0 unspecified atom stereocenters. The fraction of sp³-hybridized carbons (Fsp3) is 0.125. The SMILES string of the molecule is NC1=Nn2c(nnc2-c2ccco2)SC1. The predicted molar refractivity (Wildman–Crippen MR) is 55.5 cm³/mol. The minimum Gasteiger partial charge on any atom is -0.461 e. The lowest BCUT2D eigenvalue weighted by molar-refractivity contribution is 0.571. The minimum atomic E-state index is 0.556. The van der Waals surface area contributed by atoms with Gasteiger partial charge in [-0.15, -0.1) is 10.2 Å². The highest BCUT2D eigenvalue weighted by atomic mass is 32.2. The molecule has 2 N–H and O–H groups in total. The van der Waals surface area contributed by atoms with E-state index in [1.165, 1.54) is 11.8 Å². The summed E-state index contributed by atoms with van der Waals surface area (Å²) in [6.07, 6.45) is 1.58. The number of hydrogen-bond donors (Lipinski definition) is 1. The molecule has 0 saturated heterocycles. The van der Waals surface area contributed by atoms with Crippen molar-refractivity contribution in [2.24, 2.45) is 10.8 Å². The molecule has 6 nitrogen and oxygen atoms in total. The van der Waals surface area contributed by atoms with Gasteiger partial charge in [0.05, 0.1) is 12.0 Å². The van der Waals surface area contributed by atoms with Crippen molar-refractivity contribution >= 4 is 17.6 Å². The van der Waals surface area contributed by atoms with Gasteiger partial charge in [0.25, 0.3) is 0 Å². The van der Waals surface area contributed by atoms with Crippen LogP contribution in [0.3, 0.4) is 0 Å². The Morgan fingerprint density at radius 1 is 1.47 bits per heavy atom. The second kappa shape index (κ2) is 3.13. The third-order valence-corrected chi connectivity index (χ3v) is 2.88. The summed E-state index contributed by atoms with van der Waals surface area (Å²) >= 11 is 1.51. The molecule has 0 saturated carbocycles. The molecule has 0 spiro atoms. The highest BCUT2D eigenvalue weighted by molar-refractivity contribution is 7.99. The molecule has 0 aliphatic carbocycles. The van der Waals surface area contributed by atoms with Crippen LogP contribution in [0.4, 0.5) is 0 Å². The van der Waals surface area contributed by atoms with E-state index in [9.17, 15) is 0 Å². The number of fused-ring (bicyclic) bond motifs is 1. The number of nitrogens with two attached hydrogens (primary N) is 1. The van der Waals surface area contributed by atoms with E-state index in [0.29, 0.717) is 23.2 Å². The van der Waals surface area contributed by atoms with Crippen LogP contribution in [0.5, 0.6) is 0 Å². The van der Waals surface area contributed by atoms with Crippen LogP contribution in [0, 0.1) is 0 Å². The first-order valence-corrected chi connectivity index (χ1v) is 5.28. The van der Waals surface area contributed by atoms with E-state index in [0.717, 1.165) is 5.16 Å². The van der Waals surface area contributed by atoms with Gasteiger partial charge in [0.15, 0.2) is 5.76 Å².